The minimum atomic E-state index is -3.10. The predicted octanol–water partition coefficient (Wildman–Crippen LogP) is 4.87. The minimum absolute atomic E-state index is 0.0268. The Balaban J connectivity index is 1.50. The number of thiazole rings is 1. The average Bonchev–Trinajstić information content (AvgIpc) is 3.60. The Morgan fingerprint density at radius 1 is 0.849 bits per heavy atom. The Morgan fingerprint density at radius 2 is 1.42 bits per heavy atom. The number of nitrogens with zero attached hydrogens (tertiary/aromatic N) is 1. The van der Waals surface area contributed by atoms with Crippen LogP contribution in [0.2, 0.25) is 5.04 Å². The maximum Gasteiger partial charge on any atom is 0.412 e. The van der Waals surface area contributed by atoms with E-state index in [-0.39, 0.29) is 12.3 Å². The molecule has 14 heteroatoms. The molecule has 0 aliphatic carbocycles. The Kier molecular flexibility index (Phi) is 13.3. The number of ether oxygens (including phenoxy) is 2. The fourth-order valence-electron chi connectivity index (χ4n) is 5.79. The van der Waals surface area contributed by atoms with Crippen LogP contribution >= 0.6 is 11.3 Å². The number of aromatic nitrogens is 1. The van der Waals surface area contributed by atoms with Gasteiger partial charge in [-0.3, -0.25) is 14.9 Å². The number of amides is 3. The zero-order valence-corrected chi connectivity index (χ0v) is 33.1. The number of benzene rings is 3. The van der Waals surface area contributed by atoms with E-state index in [0.29, 0.717) is 16.3 Å². The van der Waals surface area contributed by atoms with Gasteiger partial charge in [0, 0.05) is 16.6 Å². The van der Waals surface area contributed by atoms with E-state index in [1.54, 1.807) is 45.0 Å². The van der Waals surface area contributed by atoms with Crippen molar-refractivity contribution in [3.8, 4) is 10.6 Å². The van der Waals surface area contributed by atoms with Crippen LogP contribution in [0.3, 0.4) is 0 Å². The molecule has 0 saturated carbocycles. The number of aliphatic hydroxyl groups excluding tert-OH is 1. The van der Waals surface area contributed by atoms with Gasteiger partial charge in [-0.15, -0.1) is 11.3 Å². The van der Waals surface area contributed by atoms with Crippen LogP contribution in [0, 0.1) is 0 Å². The molecule has 1 aromatic heterocycles. The predicted molar refractivity (Wildman–Crippen MR) is 208 cm³/mol. The van der Waals surface area contributed by atoms with Gasteiger partial charge in [0.05, 0.1) is 19.8 Å². The molecule has 0 bridgehead atoms. The maximum absolute atomic E-state index is 13.7. The third-order valence-electron chi connectivity index (χ3n) is 8.25. The number of carbonyl (C=O) groups excluding carboxylic acids is 4. The van der Waals surface area contributed by atoms with E-state index in [9.17, 15) is 24.3 Å². The molecule has 3 atom stereocenters. The molecule has 0 unspecified atom stereocenters. The first-order valence-electron chi connectivity index (χ1n) is 17.1. The minimum Gasteiger partial charge on any atom is -0.467 e. The summed E-state index contributed by atoms with van der Waals surface area (Å²) in [5.74, 6) is -2.25. The number of rotatable bonds is 13. The second-order valence-electron chi connectivity index (χ2n) is 14.5. The highest BCUT2D eigenvalue weighted by Gasteiger charge is 2.51. The Morgan fingerprint density at radius 3 is 1.91 bits per heavy atom. The first-order chi connectivity index (χ1) is 24.9. The van der Waals surface area contributed by atoms with Gasteiger partial charge < -0.3 is 29.6 Å². The molecule has 4 rings (SSSR count). The van der Waals surface area contributed by atoms with Crippen LogP contribution in [0.5, 0.6) is 0 Å². The lowest BCUT2D eigenvalue weighted by Gasteiger charge is -2.43. The summed E-state index contributed by atoms with van der Waals surface area (Å²) < 4.78 is 17.2. The van der Waals surface area contributed by atoms with Crippen LogP contribution in [0.4, 0.5) is 10.5 Å². The molecule has 0 radical (unpaired) electrons. The van der Waals surface area contributed by atoms with Crippen molar-refractivity contribution < 1.29 is 38.2 Å². The van der Waals surface area contributed by atoms with Gasteiger partial charge in [0.2, 0.25) is 5.91 Å². The summed E-state index contributed by atoms with van der Waals surface area (Å²) in [7, 11) is -1.88. The van der Waals surface area contributed by atoms with Crippen LogP contribution in [0.1, 0.15) is 59.0 Å². The van der Waals surface area contributed by atoms with E-state index in [1.807, 2.05) is 60.7 Å². The third kappa shape index (κ3) is 10.4. The van der Waals surface area contributed by atoms with Gasteiger partial charge in [0.1, 0.15) is 28.4 Å². The molecule has 1 heterocycles. The highest BCUT2D eigenvalue weighted by molar-refractivity contribution is 7.13. The van der Waals surface area contributed by atoms with Crippen molar-refractivity contribution in [2.24, 2.45) is 0 Å². The molecule has 282 valence electrons. The van der Waals surface area contributed by atoms with Crippen molar-refractivity contribution in [1.29, 1.82) is 0 Å². The molecule has 3 amide bonds. The summed E-state index contributed by atoms with van der Waals surface area (Å²) in [5.41, 5.74) is 0.596. The molecular weight excluding hydrogens is 713 g/mol. The van der Waals surface area contributed by atoms with Crippen molar-refractivity contribution in [3.05, 3.63) is 96.0 Å². The lowest BCUT2D eigenvalue weighted by atomic mass is 10.1. The van der Waals surface area contributed by atoms with Crippen molar-refractivity contribution in [1.82, 2.24) is 15.6 Å². The molecule has 4 aromatic rings. The van der Waals surface area contributed by atoms with Gasteiger partial charge in [-0.05, 0) is 67.4 Å². The monoisotopic (exact) mass is 760 g/mol. The summed E-state index contributed by atoms with van der Waals surface area (Å²) in [6, 6.07) is 23.8. The van der Waals surface area contributed by atoms with Gasteiger partial charge in [-0.25, -0.2) is 14.6 Å². The topological polar surface area (TPSA) is 165 Å². The van der Waals surface area contributed by atoms with Gasteiger partial charge >= 0.3 is 12.1 Å². The second-order valence-corrected chi connectivity index (χ2v) is 19.7. The number of aliphatic hydroxyl groups is 1. The van der Waals surface area contributed by atoms with Crippen LogP contribution in [-0.4, -0.2) is 79.8 Å². The van der Waals surface area contributed by atoms with Gasteiger partial charge in [0.15, 0.2) is 0 Å². The number of nitrogens with one attached hydrogen (secondary N) is 3. The number of esters is 1. The van der Waals surface area contributed by atoms with Crippen molar-refractivity contribution >= 4 is 59.6 Å². The van der Waals surface area contributed by atoms with E-state index in [1.165, 1.54) is 30.8 Å². The number of hydrogen-bond acceptors (Lipinski definition) is 10. The zero-order chi connectivity index (χ0) is 39.0. The molecular formula is C39H48N4O8SSi. The smallest absolute Gasteiger partial charge is 0.412 e. The van der Waals surface area contributed by atoms with E-state index in [4.69, 9.17) is 13.9 Å². The molecule has 0 fully saturated rings. The normalized spacial score (nSPS) is 13.6. The highest BCUT2D eigenvalue weighted by atomic mass is 32.1. The number of carbonyl (C=O) groups is 4. The molecule has 0 saturated heterocycles. The zero-order valence-electron chi connectivity index (χ0n) is 31.3. The Hall–Kier alpha value is -4.89. The Bertz CT molecular complexity index is 1820. The maximum atomic E-state index is 13.7. The number of methoxy groups -OCH3 is 1. The first-order valence-corrected chi connectivity index (χ1v) is 19.9. The van der Waals surface area contributed by atoms with Crippen LogP contribution in [0.15, 0.2) is 90.3 Å². The number of hydrogen-bond donors (Lipinski definition) is 4. The fraction of sp³-hybridized carbons (Fsp3) is 0.359. The molecule has 53 heavy (non-hydrogen) atoms. The van der Waals surface area contributed by atoms with E-state index in [0.717, 1.165) is 10.4 Å². The fourth-order valence-corrected chi connectivity index (χ4v) is 11.2. The van der Waals surface area contributed by atoms with Crippen LogP contribution in [-0.2, 0) is 23.5 Å². The van der Waals surface area contributed by atoms with Gasteiger partial charge in [-0.1, -0.05) is 81.4 Å². The summed E-state index contributed by atoms with van der Waals surface area (Å²) >= 11 is 1.21. The van der Waals surface area contributed by atoms with E-state index in [2.05, 4.69) is 41.7 Å². The Labute approximate surface area is 315 Å². The quantitative estimate of drug-likeness (QED) is 0.110. The average molecular weight is 761 g/mol. The van der Waals surface area contributed by atoms with E-state index < -0.39 is 61.0 Å². The summed E-state index contributed by atoms with van der Waals surface area (Å²) in [6.07, 6.45) is -1.92. The van der Waals surface area contributed by atoms with Crippen molar-refractivity contribution in [3.63, 3.8) is 0 Å². The van der Waals surface area contributed by atoms with Crippen LogP contribution in [0.25, 0.3) is 10.6 Å². The largest absolute Gasteiger partial charge is 0.467 e. The van der Waals surface area contributed by atoms with Crippen molar-refractivity contribution in [2.45, 2.75) is 77.3 Å². The van der Waals surface area contributed by atoms with Crippen LogP contribution < -0.4 is 26.3 Å². The standard InChI is InChI=1S/C39H48N4O8SSi/c1-25(44)32(43-33(45)31-24-52-35(42-31)26-19-21-27(22-20-26)40-37(48)51-38(2,3)4)34(46)41-30(36(47)49-8)23-50-53(39(5,6)7,28-15-11-9-12-16-28)29-17-13-10-14-18-29/h9-22,24-25,30,32,44H,23H2,1-8H3,(H,40,48)(H,41,46)(H,43,45)/t25-,30-,32-/m0/s1. The summed E-state index contributed by atoms with van der Waals surface area (Å²) in [5, 5.41) is 22.1. The molecule has 0 aliphatic rings. The second kappa shape index (κ2) is 17.3. The first kappa shape index (κ1) is 40.9. The molecule has 0 aliphatic heterocycles. The lowest BCUT2D eigenvalue weighted by molar-refractivity contribution is -0.146. The highest BCUT2D eigenvalue weighted by Crippen LogP contribution is 2.37. The number of anilines is 1. The van der Waals surface area contributed by atoms with E-state index >= 15 is 0 Å². The summed E-state index contributed by atoms with van der Waals surface area (Å²) in [4.78, 5) is 56.6. The van der Waals surface area contributed by atoms with Gasteiger partial charge in [0.25, 0.3) is 14.2 Å². The lowest BCUT2D eigenvalue weighted by Crippen LogP contribution is -2.68. The molecule has 0 spiro atoms. The molecule has 12 nitrogen and oxygen atoms in total. The molecule has 4 N–H and O–H groups in total. The molecule has 3 aromatic carbocycles. The van der Waals surface area contributed by atoms with Crippen molar-refractivity contribution in [2.75, 3.05) is 19.0 Å². The summed E-state index contributed by atoms with van der Waals surface area (Å²) in [6.45, 7) is 12.7. The third-order valence-corrected chi connectivity index (χ3v) is 14.1. The van der Waals surface area contributed by atoms with Gasteiger partial charge in [-0.2, -0.15) is 0 Å². The SMILES string of the molecule is COC(=O)[C@H](CO[Si](c1ccccc1)(c1ccccc1)C(C)(C)C)NC(=O)[C@@H](NC(=O)c1csc(-c2ccc(NC(=O)OC(C)(C)C)cc2)n1)[C@H](C)O.